The summed E-state index contributed by atoms with van der Waals surface area (Å²) in [5.74, 6) is 2.38. The molecule has 20 heterocycles. The molecule has 147 heavy (non-hydrogen) atoms. The minimum atomic E-state index is 0. The first kappa shape index (κ1) is 112. The van der Waals surface area contributed by atoms with Crippen LogP contribution in [0.15, 0.2) is 305 Å². The quantitative estimate of drug-likeness (QED) is 0.123. The predicted molar refractivity (Wildman–Crippen MR) is 543 cm³/mol. The first-order valence-electron chi connectivity index (χ1n) is 46.5. The zero-order valence-electron chi connectivity index (χ0n) is 82.7. The molecule has 22 aromatic rings. The monoisotopic (exact) mass is 2850 g/mol. The molecule has 0 N–H and O–H groups in total. The van der Waals surface area contributed by atoms with E-state index in [2.05, 4.69) is 252 Å². The second-order valence-corrected chi connectivity index (χ2v) is 36.1. The van der Waals surface area contributed by atoms with Crippen molar-refractivity contribution in [3.8, 4) is 114 Å². The maximum absolute atomic E-state index is 4.68. The third kappa shape index (κ3) is 26.5. The van der Waals surface area contributed by atoms with Gasteiger partial charge >= 0.3 is 105 Å². The van der Waals surface area contributed by atoms with Gasteiger partial charge in [0.15, 0.2) is 0 Å². The van der Waals surface area contributed by atoms with E-state index >= 15 is 0 Å². The van der Waals surface area contributed by atoms with E-state index in [1.54, 1.807) is 68.9 Å². The van der Waals surface area contributed by atoms with Gasteiger partial charge < -0.3 is 102 Å². The molecule has 4 unspecified atom stereocenters. The molecule has 4 aliphatic rings. The fraction of sp³-hybridized carbons (Fsp3) is 0.218. The summed E-state index contributed by atoms with van der Waals surface area (Å²) in [6.07, 6.45) is 26.0. The molecule has 0 amide bonds. The Morgan fingerprint density at radius 3 is 0.748 bits per heavy atom. The molecule has 0 radical (unpaired) electrons. The van der Waals surface area contributed by atoms with E-state index in [0.717, 1.165) is 148 Å². The van der Waals surface area contributed by atoms with Crippen molar-refractivity contribution in [1.29, 1.82) is 0 Å². The number of aryl methyl sites for hydroxylation is 8. The summed E-state index contributed by atoms with van der Waals surface area (Å²) in [6, 6.07) is 74.4. The van der Waals surface area contributed by atoms with Gasteiger partial charge in [0.1, 0.15) is 0 Å². The maximum atomic E-state index is 4.68. The van der Waals surface area contributed by atoms with Crippen molar-refractivity contribution >= 4 is 21.5 Å². The zero-order valence-corrected chi connectivity index (χ0v) is 94.1. The predicted octanol–water partition coefficient (Wildman–Crippen LogP) is 18.9. The Hall–Kier alpha value is -14.1. The van der Waals surface area contributed by atoms with Gasteiger partial charge in [-0.15, -0.1) is 0 Å². The van der Waals surface area contributed by atoms with Crippen LogP contribution in [0.3, 0.4) is 0 Å². The molecular formula is C110H102N32Pt5. The van der Waals surface area contributed by atoms with Crippen molar-refractivity contribution in [2.75, 3.05) is 0 Å². The number of nitrogens with zero attached hydrogens (tertiary/aromatic N) is 32. The van der Waals surface area contributed by atoms with Crippen molar-refractivity contribution in [3.05, 3.63) is 373 Å². The first-order valence-corrected chi connectivity index (χ1v) is 46.5. The van der Waals surface area contributed by atoms with E-state index in [0.29, 0.717) is 23.5 Å². The Morgan fingerprint density at radius 1 is 0.238 bits per heavy atom. The molecule has 4 bridgehead atoms. The third-order valence-electron chi connectivity index (χ3n) is 25.9. The van der Waals surface area contributed by atoms with Gasteiger partial charge in [0.25, 0.3) is 0 Å². The summed E-state index contributed by atoms with van der Waals surface area (Å²) >= 11 is 0. The van der Waals surface area contributed by atoms with Crippen LogP contribution in [0, 0.1) is 66.2 Å². The Labute approximate surface area is 923 Å². The molecule has 752 valence electrons. The molecule has 4 atom stereocenters. The summed E-state index contributed by atoms with van der Waals surface area (Å²) in [6.45, 7) is 29.5. The maximum Gasteiger partial charge on any atom is 2.00 e. The van der Waals surface area contributed by atoms with E-state index in [4.69, 9.17) is 0 Å². The van der Waals surface area contributed by atoms with Crippen LogP contribution in [0.2, 0.25) is 0 Å². The van der Waals surface area contributed by atoms with E-state index in [-0.39, 0.29) is 127 Å². The smallest absolute Gasteiger partial charge is 0.574 e. The summed E-state index contributed by atoms with van der Waals surface area (Å²) in [4.78, 5) is 50.5. The molecule has 26 rings (SSSR count). The number of pyridine rings is 9. The number of hydrogen-bond donors (Lipinski definition) is 0. The molecule has 2 aromatic carbocycles. The van der Waals surface area contributed by atoms with Crippen LogP contribution in [0.25, 0.3) is 136 Å². The summed E-state index contributed by atoms with van der Waals surface area (Å²) in [5.41, 5.74) is 29.0. The molecule has 32 nitrogen and oxygen atoms in total. The van der Waals surface area contributed by atoms with Gasteiger partial charge in [-0.2, -0.15) is 0 Å². The van der Waals surface area contributed by atoms with Crippen molar-refractivity contribution < 1.29 is 105 Å². The standard InChI is InChI=1S/2C20H20N3.6C9H8N3.2C8H7N4.5Pt/c2*1-19(2)14-8-9-20(19,3)18-16(14)17(22-23-18)15-10-12-6-4-5-7-13(12)11-21-15;6*1-7-6-9(12-11-7)8-4-2-3-5-10-8;1-6-4-7(12-11-6)8-5-9-2-3-10-8;1-6-10-8(12-11-6)7-4-2-3-5-9-7;;;;;/h2*4-7,10-11,14H,8-9H2,1-3H3;6*2-6H,1H3;2*2-5H,1H3;;;;;/q10*-1;5*+2. The van der Waals surface area contributed by atoms with Gasteiger partial charge in [0, 0.05) is 181 Å². The van der Waals surface area contributed by atoms with Gasteiger partial charge in [0.05, 0.1) is 29.0 Å². The number of hydrogen-bond acceptors (Lipinski definition) is 22. The Bertz CT molecular complexity index is 6740. The van der Waals surface area contributed by atoms with Crippen molar-refractivity contribution in [2.24, 2.45) is 10.8 Å². The molecule has 4 aliphatic carbocycles. The average Bonchev–Trinajstić information content (AvgIpc) is 1.52. The van der Waals surface area contributed by atoms with Gasteiger partial charge in [-0.25, -0.2) is 0 Å². The minimum Gasteiger partial charge on any atom is -0.574 e. The molecular weight excluding hydrogens is 2740 g/mol. The van der Waals surface area contributed by atoms with Gasteiger partial charge in [-0.3, -0.25) is 59.9 Å². The van der Waals surface area contributed by atoms with Crippen LogP contribution < -0.4 is 51.0 Å². The molecule has 0 spiro atoms. The number of rotatable bonds is 10. The minimum absolute atomic E-state index is 0. The van der Waals surface area contributed by atoms with Crippen LogP contribution in [0.5, 0.6) is 0 Å². The summed E-state index contributed by atoms with van der Waals surface area (Å²) < 4.78 is 0. The third-order valence-corrected chi connectivity index (χ3v) is 25.9. The largest absolute Gasteiger partial charge is 2.00 e. The van der Waals surface area contributed by atoms with Gasteiger partial charge in [-0.05, 0) is 229 Å². The molecule has 2 saturated carbocycles. The van der Waals surface area contributed by atoms with Gasteiger partial charge in [0.2, 0.25) is 0 Å². The molecule has 2 fully saturated rings. The summed E-state index contributed by atoms with van der Waals surface area (Å²) in [7, 11) is 0. The molecule has 20 aromatic heterocycles. The fourth-order valence-electron chi connectivity index (χ4n) is 17.8. The summed E-state index contributed by atoms with van der Waals surface area (Å²) in [5, 5.41) is 85.8. The molecule has 37 heteroatoms. The van der Waals surface area contributed by atoms with E-state index in [9.17, 15) is 0 Å². The Balaban J connectivity index is 0.000000147. The van der Waals surface area contributed by atoms with E-state index in [1.165, 1.54) is 69.7 Å². The van der Waals surface area contributed by atoms with E-state index < -0.39 is 0 Å². The normalized spacial score (nSPS) is 15.2. The zero-order chi connectivity index (χ0) is 98.8. The van der Waals surface area contributed by atoms with Crippen LogP contribution in [0.4, 0.5) is 0 Å². The topological polar surface area (TPSA) is 425 Å². The number of aromatic nitrogens is 32. The SMILES string of the molecule is CC12CCC(c3c1n[n-]c3-c1cc3ccccc3cn1)C2(C)C.CC12CCC(c3c1n[n-]c3-c1cc3ccccc3cn1)C2(C)C.Cc1cc(-c2ccccn2)[n-]n1.Cc1cc(-c2ccccn2)[n-]n1.Cc1cc(-c2ccccn2)[n-]n1.Cc1cc(-c2ccccn2)[n-]n1.Cc1cc(-c2ccccn2)[n-]n1.Cc1cc(-c2ccccn2)[n-]n1.Cc1cc(-c2cnccn2)[n-]n1.Cc1n[n-]c(-c2ccccn2)n1.[Pt+2].[Pt+2].[Pt+2].[Pt+2].[Pt+2]. The fourth-order valence-corrected chi connectivity index (χ4v) is 17.8. The van der Waals surface area contributed by atoms with Crippen molar-refractivity contribution in [3.63, 3.8) is 0 Å². The van der Waals surface area contributed by atoms with Crippen LogP contribution >= 0.6 is 0 Å². The van der Waals surface area contributed by atoms with E-state index in [1.807, 2.05) is 243 Å². The number of benzene rings is 2. The first-order chi connectivity index (χ1) is 68.9. The van der Waals surface area contributed by atoms with Crippen molar-refractivity contribution in [2.45, 2.75) is 145 Å². The van der Waals surface area contributed by atoms with Crippen LogP contribution in [0.1, 0.15) is 147 Å². The second-order valence-electron chi connectivity index (χ2n) is 36.1. The van der Waals surface area contributed by atoms with Gasteiger partial charge in [-0.1, -0.05) is 226 Å². The number of fused-ring (bicyclic) bond motifs is 12. The molecule has 0 aliphatic heterocycles. The van der Waals surface area contributed by atoms with Crippen LogP contribution in [-0.4, -0.2) is 111 Å². The Kier molecular flexibility index (Phi) is 38.9. The molecule has 0 saturated heterocycles. The van der Waals surface area contributed by atoms with Crippen molar-refractivity contribution in [1.82, 2.24) is 162 Å². The Morgan fingerprint density at radius 2 is 0.503 bits per heavy atom. The second kappa shape index (κ2) is 51.3. The van der Waals surface area contributed by atoms with Crippen LogP contribution in [-0.2, 0) is 116 Å². The average molecular weight is 2850 g/mol.